The second-order valence-electron chi connectivity index (χ2n) is 5.48. The molecule has 0 fully saturated rings. The molecule has 0 unspecified atom stereocenters. The Morgan fingerprint density at radius 2 is 1.64 bits per heavy atom. The number of rotatable bonds is 9. The minimum absolute atomic E-state index is 0.0923. The van der Waals surface area contributed by atoms with Gasteiger partial charge in [-0.05, 0) is 30.7 Å². The van der Waals surface area contributed by atoms with Gasteiger partial charge < -0.3 is 18.7 Å². The number of hydrogen-bond donors (Lipinski definition) is 2. The fourth-order valence-corrected chi connectivity index (χ4v) is 2.77. The van der Waals surface area contributed by atoms with Gasteiger partial charge in [0.05, 0.1) is 20.8 Å². The molecule has 0 spiro atoms. The molecule has 0 bridgehead atoms. The number of benzene rings is 2. The van der Waals surface area contributed by atoms with Crippen LogP contribution in [0, 0.1) is 0 Å². The molecule has 8 nitrogen and oxygen atoms in total. The zero-order valence-corrected chi connectivity index (χ0v) is 16.5. The van der Waals surface area contributed by atoms with E-state index in [0.29, 0.717) is 5.75 Å². The molecule has 0 heterocycles. The maximum Gasteiger partial charge on any atom is 0.524 e. The van der Waals surface area contributed by atoms with Crippen LogP contribution in [0.2, 0.25) is 0 Å². The van der Waals surface area contributed by atoms with E-state index in [1.165, 1.54) is 25.3 Å². The van der Waals surface area contributed by atoms with Crippen LogP contribution in [0.15, 0.2) is 42.5 Å². The Morgan fingerprint density at radius 3 is 2.18 bits per heavy atom. The summed E-state index contributed by atoms with van der Waals surface area (Å²) < 4.78 is 31.7. The number of phosphoric acid groups is 1. The van der Waals surface area contributed by atoms with E-state index in [2.05, 4.69) is 0 Å². The van der Waals surface area contributed by atoms with Crippen LogP contribution in [0.4, 0.5) is 0 Å². The Kier molecular flexibility index (Phi) is 7.23. The van der Waals surface area contributed by atoms with Gasteiger partial charge in [-0.2, -0.15) is 0 Å². The highest BCUT2D eigenvalue weighted by atomic mass is 31.2. The molecular formula is C19H21O8P. The molecule has 28 heavy (non-hydrogen) atoms. The van der Waals surface area contributed by atoms with Gasteiger partial charge in [-0.25, -0.2) is 4.57 Å². The number of carbonyl (C=O) groups excluding carboxylic acids is 1. The van der Waals surface area contributed by atoms with Crippen molar-refractivity contribution in [3.8, 4) is 23.0 Å². The lowest BCUT2D eigenvalue weighted by atomic mass is 10.1. The molecule has 150 valence electrons. The van der Waals surface area contributed by atoms with E-state index >= 15 is 0 Å². The molecule has 0 aliphatic rings. The molecule has 0 amide bonds. The summed E-state index contributed by atoms with van der Waals surface area (Å²) in [7, 11) is -1.99. The highest BCUT2D eigenvalue weighted by molar-refractivity contribution is 7.46. The van der Waals surface area contributed by atoms with Crippen molar-refractivity contribution in [1.29, 1.82) is 0 Å². The third-order valence-electron chi connectivity index (χ3n) is 3.58. The van der Waals surface area contributed by atoms with Crippen LogP contribution in [-0.4, -0.2) is 36.4 Å². The number of carbonyl (C=O) groups is 1. The number of methoxy groups -OCH3 is 2. The van der Waals surface area contributed by atoms with Crippen LogP contribution in [0.25, 0.3) is 6.08 Å². The molecule has 9 heteroatoms. The first-order chi connectivity index (χ1) is 13.3. The summed E-state index contributed by atoms with van der Waals surface area (Å²) in [5, 5.41) is 0. The van der Waals surface area contributed by atoms with Crippen molar-refractivity contribution in [2.45, 2.75) is 6.92 Å². The molecule has 2 aromatic carbocycles. The molecule has 0 saturated heterocycles. The maximum atomic E-state index is 12.8. The second-order valence-corrected chi connectivity index (χ2v) is 6.65. The SMILES string of the molecule is CCOc1cc(OC)cc(OP(=O)(O)O)c1C(=O)/C=C/c1ccc(OC)cc1. The first-order valence-electron chi connectivity index (χ1n) is 8.23. The van der Waals surface area contributed by atoms with Gasteiger partial charge in [0, 0.05) is 12.1 Å². The lowest BCUT2D eigenvalue weighted by molar-refractivity contribution is 0.104. The number of allylic oxidation sites excluding steroid dienone is 1. The molecule has 2 N–H and O–H groups in total. The molecule has 0 aliphatic carbocycles. The summed E-state index contributed by atoms with van der Waals surface area (Å²) in [6.07, 6.45) is 2.82. The second kappa shape index (κ2) is 9.41. The smallest absolute Gasteiger partial charge is 0.497 e. The molecule has 0 aromatic heterocycles. The minimum atomic E-state index is -4.91. The zero-order valence-electron chi connectivity index (χ0n) is 15.6. The lowest BCUT2D eigenvalue weighted by Crippen LogP contribution is -2.06. The first-order valence-corrected chi connectivity index (χ1v) is 9.77. The Hall–Kier alpha value is -2.80. The summed E-state index contributed by atoms with van der Waals surface area (Å²) >= 11 is 0. The predicted octanol–water partition coefficient (Wildman–Crippen LogP) is 3.47. The Morgan fingerprint density at radius 1 is 1.04 bits per heavy atom. The average molecular weight is 408 g/mol. The van der Waals surface area contributed by atoms with Gasteiger partial charge in [-0.15, -0.1) is 0 Å². The van der Waals surface area contributed by atoms with Crippen molar-refractivity contribution in [3.63, 3.8) is 0 Å². The maximum absolute atomic E-state index is 12.8. The van der Waals surface area contributed by atoms with Gasteiger partial charge in [-0.3, -0.25) is 14.6 Å². The van der Waals surface area contributed by atoms with Gasteiger partial charge in [0.25, 0.3) is 0 Å². The fraction of sp³-hybridized carbons (Fsp3) is 0.211. The summed E-state index contributed by atoms with van der Waals surface area (Å²) in [5.74, 6) is 0.109. The van der Waals surface area contributed by atoms with E-state index in [0.717, 1.165) is 5.56 Å². The van der Waals surface area contributed by atoms with E-state index in [4.69, 9.17) is 18.7 Å². The minimum Gasteiger partial charge on any atom is -0.497 e. The van der Waals surface area contributed by atoms with E-state index in [9.17, 15) is 19.1 Å². The molecule has 0 atom stereocenters. The number of phosphoric ester groups is 1. The summed E-state index contributed by atoms with van der Waals surface area (Å²) in [4.78, 5) is 31.1. The Labute approximate surface area is 162 Å². The third-order valence-corrected chi connectivity index (χ3v) is 4.02. The molecule has 0 radical (unpaired) electrons. The van der Waals surface area contributed by atoms with Crippen molar-refractivity contribution in [2.24, 2.45) is 0 Å². The Balaban J connectivity index is 2.45. The first kappa shape index (κ1) is 21.5. The van der Waals surface area contributed by atoms with E-state index in [1.807, 2.05) is 0 Å². The van der Waals surface area contributed by atoms with Crippen molar-refractivity contribution in [1.82, 2.24) is 0 Å². The van der Waals surface area contributed by atoms with E-state index in [1.54, 1.807) is 44.4 Å². The third kappa shape index (κ3) is 5.85. The monoisotopic (exact) mass is 408 g/mol. The zero-order chi connectivity index (χ0) is 20.7. The van der Waals surface area contributed by atoms with Crippen LogP contribution >= 0.6 is 7.82 Å². The van der Waals surface area contributed by atoms with Crippen LogP contribution in [0.1, 0.15) is 22.8 Å². The van der Waals surface area contributed by atoms with Crippen molar-refractivity contribution in [3.05, 3.63) is 53.6 Å². The van der Waals surface area contributed by atoms with E-state index < -0.39 is 13.6 Å². The van der Waals surface area contributed by atoms with Gasteiger partial charge in [0.2, 0.25) is 0 Å². The normalized spacial score (nSPS) is 11.3. The Bertz CT molecular complexity index is 899. The standard InChI is InChI=1S/C19H21O8P/c1-4-26-17-11-15(25-3)12-18(27-28(21,22)23)19(17)16(20)10-7-13-5-8-14(24-2)9-6-13/h5-12H,4H2,1-3H3,(H2,21,22,23)/b10-7+. The summed E-state index contributed by atoms with van der Waals surface area (Å²) in [6, 6.07) is 9.66. The number of ketones is 1. The molecule has 0 saturated carbocycles. The topological polar surface area (TPSA) is 112 Å². The van der Waals surface area contributed by atoms with Crippen molar-refractivity contribution < 1.29 is 37.9 Å². The fourth-order valence-electron chi connectivity index (χ4n) is 2.37. The number of ether oxygens (including phenoxy) is 3. The molecular weight excluding hydrogens is 387 g/mol. The average Bonchev–Trinajstić information content (AvgIpc) is 2.65. The van der Waals surface area contributed by atoms with Gasteiger partial charge in [0.15, 0.2) is 5.78 Å². The largest absolute Gasteiger partial charge is 0.524 e. The van der Waals surface area contributed by atoms with Crippen LogP contribution < -0.4 is 18.7 Å². The van der Waals surface area contributed by atoms with Crippen LogP contribution in [0.5, 0.6) is 23.0 Å². The highest BCUT2D eigenvalue weighted by Gasteiger charge is 2.25. The van der Waals surface area contributed by atoms with Crippen molar-refractivity contribution in [2.75, 3.05) is 20.8 Å². The molecule has 2 aromatic rings. The summed E-state index contributed by atoms with van der Waals surface area (Å²) in [5.41, 5.74) is 0.619. The highest BCUT2D eigenvalue weighted by Crippen LogP contribution is 2.44. The van der Waals surface area contributed by atoms with Crippen LogP contribution in [-0.2, 0) is 4.57 Å². The summed E-state index contributed by atoms with van der Waals surface area (Å²) in [6.45, 7) is 1.94. The van der Waals surface area contributed by atoms with Crippen LogP contribution in [0.3, 0.4) is 0 Å². The molecule has 2 rings (SSSR count). The predicted molar refractivity (Wildman–Crippen MR) is 103 cm³/mol. The van der Waals surface area contributed by atoms with Gasteiger partial charge in [-0.1, -0.05) is 18.2 Å². The van der Waals surface area contributed by atoms with Gasteiger partial charge in [0.1, 0.15) is 28.6 Å². The number of hydrogen-bond acceptors (Lipinski definition) is 6. The quantitative estimate of drug-likeness (QED) is 0.369. The lowest BCUT2D eigenvalue weighted by Gasteiger charge is -2.16. The molecule has 0 aliphatic heterocycles. The van der Waals surface area contributed by atoms with E-state index in [-0.39, 0.29) is 29.4 Å². The van der Waals surface area contributed by atoms with Crippen molar-refractivity contribution >= 4 is 19.7 Å². The van der Waals surface area contributed by atoms with Gasteiger partial charge >= 0.3 is 7.82 Å².